The van der Waals surface area contributed by atoms with Gasteiger partial charge >= 0.3 is 0 Å². The molecule has 3 fully saturated rings. The summed E-state index contributed by atoms with van der Waals surface area (Å²) in [4.78, 5) is 20.0. The molecular formula is C19H38Cl2N4O. The van der Waals surface area contributed by atoms with Gasteiger partial charge in [-0.1, -0.05) is 19.3 Å². The van der Waals surface area contributed by atoms with E-state index in [4.69, 9.17) is 5.73 Å². The van der Waals surface area contributed by atoms with Gasteiger partial charge in [0.05, 0.1) is 5.54 Å². The van der Waals surface area contributed by atoms with Gasteiger partial charge in [-0.3, -0.25) is 14.6 Å². The highest BCUT2D eigenvalue weighted by molar-refractivity contribution is 5.86. The van der Waals surface area contributed by atoms with Crippen molar-refractivity contribution < 1.29 is 4.79 Å². The molecule has 0 bridgehead atoms. The molecule has 3 rings (SSSR count). The molecule has 2 aliphatic heterocycles. The average molecular weight is 409 g/mol. The van der Waals surface area contributed by atoms with E-state index >= 15 is 0 Å². The maximum Gasteiger partial charge on any atom is 0.242 e. The first-order valence-corrected chi connectivity index (χ1v) is 10.1. The number of carbonyl (C=O) groups excluding carboxylic acids is 1. The van der Waals surface area contributed by atoms with Crippen molar-refractivity contribution in [1.29, 1.82) is 0 Å². The first-order valence-electron chi connectivity index (χ1n) is 10.1. The Hall–Kier alpha value is -0.0700. The molecule has 1 saturated carbocycles. The Balaban J connectivity index is 0.00000169. The highest BCUT2D eigenvalue weighted by Crippen LogP contribution is 2.28. The molecule has 0 radical (unpaired) electrons. The Bertz CT molecular complexity index is 427. The van der Waals surface area contributed by atoms with E-state index in [0.717, 1.165) is 77.0 Å². The summed E-state index contributed by atoms with van der Waals surface area (Å²) < 4.78 is 0. The summed E-state index contributed by atoms with van der Waals surface area (Å²) >= 11 is 0. The van der Waals surface area contributed by atoms with Crippen molar-refractivity contribution in [3.05, 3.63) is 0 Å². The van der Waals surface area contributed by atoms with Crippen LogP contribution in [-0.2, 0) is 4.79 Å². The molecular weight excluding hydrogens is 371 g/mol. The fraction of sp³-hybridized carbons (Fsp3) is 0.947. The molecule has 3 aliphatic rings. The Morgan fingerprint density at radius 1 is 0.923 bits per heavy atom. The first kappa shape index (κ1) is 24.0. The minimum absolute atomic E-state index is 0. The zero-order valence-corrected chi connectivity index (χ0v) is 18.1. The Kier molecular flexibility index (Phi) is 9.65. The molecule has 26 heavy (non-hydrogen) atoms. The van der Waals surface area contributed by atoms with E-state index < -0.39 is 5.54 Å². The van der Waals surface area contributed by atoms with Crippen LogP contribution in [-0.4, -0.2) is 77.5 Å². The van der Waals surface area contributed by atoms with Gasteiger partial charge in [-0.15, -0.1) is 24.8 Å². The molecule has 1 aliphatic carbocycles. The van der Waals surface area contributed by atoms with Crippen LogP contribution in [0.3, 0.4) is 0 Å². The van der Waals surface area contributed by atoms with E-state index in [1.165, 1.54) is 19.3 Å². The number of rotatable bonds is 4. The van der Waals surface area contributed by atoms with Gasteiger partial charge in [0.1, 0.15) is 0 Å². The number of halogens is 2. The van der Waals surface area contributed by atoms with E-state index in [-0.39, 0.29) is 30.7 Å². The third kappa shape index (κ3) is 5.48. The standard InChI is InChI=1S/C19H36N4O.2ClH/c1-16-6-7-17(2)23(16)15-12-21-10-13-22(14-11-21)18(24)19(20)8-4-3-5-9-19;;/h16-17H,3-15,20H2,1-2H3;2*1H. The minimum Gasteiger partial charge on any atom is -0.339 e. The van der Waals surface area contributed by atoms with Crippen molar-refractivity contribution in [2.24, 2.45) is 5.73 Å². The zero-order chi connectivity index (χ0) is 17.2. The zero-order valence-electron chi connectivity index (χ0n) is 16.5. The van der Waals surface area contributed by atoms with Crippen LogP contribution in [0.15, 0.2) is 0 Å². The van der Waals surface area contributed by atoms with Crippen LogP contribution in [0.2, 0.25) is 0 Å². The monoisotopic (exact) mass is 408 g/mol. The molecule has 2 unspecified atom stereocenters. The maximum atomic E-state index is 12.8. The summed E-state index contributed by atoms with van der Waals surface area (Å²) in [5.41, 5.74) is 5.86. The number of piperazine rings is 1. The van der Waals surface area contributed by atoms with Gasteiger partial charge in [0.25, 0.3) is 0 Å². The van der Waals surface area contributed by atoms with Gasteiger partial charge in [0.15, 0.2) is 0 Å². The van der Waals surface area contributed by atoms with Gasteiger partial charge in [0.2, 0.25) is 5.91 Å². The van der Waals surface area contributed by atoms with E-state index in [0.29, 0.717) is 0 Å². The van der Waals surface area contributed by atoms with Crippen molar-refractivity contribution >= 4 is 30.7 Å². The van der Waals surface area contributed by atoms with E-state index in [2.05, 4.69) is 23.6 Å². The predicted octanol–water partition coefficient (Wildman–Crippen LogP) is 2.51. The normalized spacial score (nSPS) is 29.7. The van der Waals surface area contributed by atoms with Crippen LogP contribution < -0.4 is 5.73 Å². The fourth-order valence-corrected chi connectivity index (χ4v) is 4.83. The number of likely N-dealkylation sites (tertiary alicyclic amines) is 1. The number of hydrogen-bond donors (Lipinski definition) is 1. The molecule has 2 atom stereocenters. The third-order valence-corrected chi connectivity index (χ3v) is 6.64. The van der Waals surface area contributed by atoms with Gasteiger partial charge in [-0.05, 0) is 39.5 Å². The van der Waals surface area contributed by atoms with Crippen molar-refractivity contribution in [3.63, 3.8) is 0 Å². The first-order chi connectivity index (χ1) is 11.5. The molecule has 2 heterocycles. The molecule has 154 valence electrons. The third-order valence-electron chi connectivity index (χ3n) is 6.64. The summed E-state index contributed by atoms with van der Waals surface area (Å²) in [6, 6.07) is 1.46. The predicted molar refractivity (Wildman–Crippen MR) is 112 cm³/mol. The van der Waals surface area contributed by atoms with E-state index in [1.807, 2.05) is 4.90 Å². The van der Waals surface area contributed by atoms with Crippen LogP contribution in [0.5, 0.6) is 0 Å². The largest absolute Gasteiger partial charge is 0.339 e. The highest BCUT2D eigenvalue weighted by atomic mass is 35.5. The summed E-state index contributed by atoms with van der Waals surface area (Å²) in [5.74, 6) is 0.212. The molecule has 1 amide bonds. The molecule has 0 aromatic rings. The smallest absolute Gasteiger partial charge is 0.242 e. The fourth-order valence-electron chi connectivity index (χ4n) is 4.83. The lowest BCUT2D eigenvalue weighted by molar-refractivity contribution is -0.140. The van der Waals surface area contributed by atoms with Gasteiger partial charge < -0.3 is 10.6 Å². The highest BCUT2D eigenvalue weighted by Gasteiger charge is 2.39. The SMILES string of the molecule is CC1CCC(C)N1CCN1CCN(C(=O)C2(N)CCCCC2)CC1.Cl.Cl. The van der Waals surface area contributed by atoms with Crippen molar-refractivity contribution in [3.8, 4) is 0 Å². The summed E-state index contributed by atoms with van der Waals surface area (Å²) in [6.07, 6.45) is 7.85. The summed E-state index contributed by atoms with van der Waals surface area (Å²) in [6.45, 7) is 10.7. The second kappa shape index (κ2) is 10.5. The molecule has 7 heteroatoms. The second-order valence-corrected chi connectivity index (χ2v) is 8.36. The number of carbonyl (C=O) groups is 1. The number of nitrogens with zero attached hydrogens (tertiary/aromatic N) is 3. The lowest BCUT2D eigenvalue weighted by Gasteiger charge is -2.41. The molecule has 0 aromatic carbocycles. The van der Waals surface area contributed by atoms with Gasteiger partial charge in [0, 0.05) is 51.4 Å². The lowest BCUT2D eigenvalue weighted by Crippen LogP contribution is -2.60. The molecule has 0 aromatic heterocycles. The Labute approximate surface area is 171 Å². The maximum absolute atomic E-state index is 12.8. The number of nitrogens with two attached hydrogens (primary N) is 1. The second-order valence-electron chi connectivity index (χ2n) is 8.36. The van der Waals surface area contributed by atoms with Crippen LogP contribution in [0.25, 0.3) is 0 Å². The summed E-state index contributed by atoms with van der Waals surface area (Å²) in [7, 11) is 0. The van der Waals surface area contributed by atoms with Crippen LogP contribution in [0.1, 0.15) is 58.8 Å². The minimum atomic E-state index is -0.569. The van der Waals surface area contributed by atoms with E-state index in [1.54, 1.807) is 0 Å². The number of hydrogen-bond acceptors (Lipinski definition) is 4. The quantitative estimate of drug-likeness (QED) is 0.775. The van der Waals surface area contributed by atoms with Gasteiger partial charge in [-0.2, -0.15) is 0 Å². The van der Waals surface area contributed by atoms with Crippen molar-refractivity contribution in [2.75, 3.05) is 39.3 Å². The topological polar surface area (TPSA) is 52.8 Å². The Morgan fingerprint density at radius 2 is 1.46 bits per heavy atom. The lowest BCUT2D eigenvalue weighted by atomic mass is 9.81. The van der Waals surface area contributed by atoms with Crippen molar-refractivity contribution in [2.45, 2.75) is 76.4 Å². The number of amides is 1. The van der Waals surface area contributed by atoms with E-state index in [9.17, 15) is 4.79 Å². The molecule has 0 spiro atoms. The Morgan fingerprint density at radius 3 is 2.00 bits per heavy atom. The van der Waals surface area contributed by atoms with Crippen LogP contribution in [0.4, 0.5) is 0 Å². The van der Waals surface area contributed by atoms with Crippen LogP contribution in [0, 0.1) is 0 Å². The molecule has 2 N–H and O–H groups in total. The molecule has 5 nitrogen and oxygen atoms in total. The van der Waals surface area contributed by atoms with Crippen LogP contribution >= 0.6 is 24.8 Å². The average Bonchev–Trinajstić information content (AvgIpc) is 2.92. The van der Waals surface area contributed by atoms with Gasteiger partial charge in [-0.25, -0.2) is 0 Å². The van der Waals surface area contributed by atoms with Crippen molar-refractivity contribution in [1.82, 2.24) is 14.7 Å². The summed E-state index contributed by atoms with van der Waals surface area (Å²) in [5, 5.41) is 0. The molecule has 2 saturated heterocycles.